The minimum absolute atomic E-state index is 0.141. The van der Waals surface area contributed by atoms with Gasteiger partial charge in [0, 0.05) is 15.5 Å². The Kier molecular flexibility index (Phi) is 4.38. The van der Waals surface area contributed by atoms with Crippen LogP contribution in [-0.2, 0) is 0 Å². The maximum absolute atomic E-state index is 6.05. The van der Waals surface area contributed by atoms with Crippen molar-refractivity contribution in [1.29, 1.82) is 0 Å². The van der Waals surface area contributed by atoms with Gasteiger partial charge in [0.05, 0.1) is 0 Å². The summed E-state index contributed by atoms with van der Waals surface area (Å²) in [5, 5.41) is 0.775. The Labute approximate surface area is 97.9 Å². The zero-order valence-corrected chi connectivity index (χ0v) is 10.6. The third-order valence-electron chi connectivity index (χ3n) is 2.26. The minimum atomic E-state index is 0.141. The Bertz CT molecular complexity index is 324. The summed E-state index contributed by atoms with van der Waals surface area (Å²) in [5.74, 6) is 5.46. The molecule has 0 aliphatic heterocycles. The summed E-state index contributed by atoms with van der Waals surface area (Å²) in [5.41, 5.74) is 4.93. The van der Waals surface area contributed by atoms with Gasteiger partial charge in [-0.15, -0.1) is 0 Å². The fourth-order valence-corrected chi connectivity index (χ4v) is 2.26. The molecule has 1 unspecified atom stereocenters. The fourth-order valence-electron chi connectivity index (χ4n) is 1.36. The number of hydrazine groups is 1. The van der Waals surface area contributed by atoms with Crippen LogP contribution < -0.4 is 11.3 Å². The highest BCUT2D eigenvalue weighted by Crippen LogP contribution is 2.30. The number of hydrogen-bond acceptors (Lipinski definition) is 2. The lowest BCUT2D eigenvalue weighted by molar-refractivity contribution is 0.537. The Balaban J connectivity index is 3.14. The van der Waals surface area contributed by atoms with Crippen molar-refractivity contribution in [3.63, 3.8) is 0 Å². The van der Waals surface area contributed by atoms with Crippen LogP contribution >= 0.6 is 27.5 Å². The van der Waals surface area contributed by atoms with Crippen molar-refractivity contribution >= 4 is 27.5 Å². The van der Waals surface area contributed by atoms with Gasteiger partial charge in [0.15, 0.2) is 0 Å². The van der Waals surface area contributed by atoms with Gasteiger partial charge >= 0.3 is 0 Å². The van der Waals surface area contributed by atoms with E-state index in [1.165, 1.54) is 0 Å². The van der Waals surface area contributed by atoms with Crippen LogP contribution in [-0.4, -0.2) is 0 Å². The summed E-state index contributed by atoms with van der Waals surface area (Å²) in [6.07, 6.45) is 0.925. The van der Waals surface area contributed by atoms with E-state index in [2.05, 4.69) is 28.3 Å². The summed E-state index contributed by atoms with van der Waals surface area (Å²) >= 11 is 9.56. The number of nitrogens with one attached hydrogen (secondary N) is 1. The molecule has 0 aliphatic carbocycles. The molecule has 0 radical (unpaired) electrons. The number of nitrogens with two attached hydrogens (primary N) is 1. The second kappa shape index (κ2) is 5.12. The SMILES string of the molecule is CCC(NN)c1cc(Cl)c(C)cc1Br. The number of benzene rings is 1. The molecule has 1 atom stereocenters. The average molecular weight is 278 g/mol. The molecule has 0 aromatic heterocycles. The Morgan fingerprint density at radius 1 is 1.57 bits per heavy atom. The zero-order chi connectivity index (χ0) is 10.7. The van der Waals surface area contributed by atoms with Crippen LogP contribution in [0.2, 0.25) is 5.02 Å². The Morgan fingerprint density at radius 2 is 2.21 bits per heavy atom. The predicted octanol–water partition coefficient (Wildman–Crippen LogP) is 3.33. The molecule has 1 rings (SSSR count). The second-order valence-corrected chi connectivity index (χ2v) is 4.51. The van der Waals surface area contributed by atoms with Crippen LogP contribution in [0.25, 0.3) is 0 Å². The van der Waals surface area contributed by atoms with E-state index in [1.54, 1.807) is 0 Å². The van der Waals surface area contributed by atoms with Gasteiger partial charge in [-0.1, -0.05) is 34.5 Å². The maximum atomic E-state index is 6.05. The van der Waals surface area contributed by atoms with Crippen LogP contribution in [0.15, 0.2) is 16.6 Å². The summed E-state index contributed by atoms with van der Waals surface area (Å²) in [4.78, 5) is 0. The van der Waals surface area contributed by atoms with E-state index in [4.69, 9.17) is 17.4 Å². The molecular formula is C10H14BrClN2. The first-order chi connectivity index (χ1) is 6.60. The quantitative estimate of drug-likeness (QED) is 0.657. The highest BCUT2D eigenvalue weighted by Gasteiger charge is 2.12. The van der Waals surface area contributed by atoms with Gasteiger partial charge < -0.3 is 0 Å². The molecule has 0 fully saturated rings. The van der Waals surface area contributed by atoms with Gasteiger partial charge in [-0.3, -0.25) is 11.3 Å². The van der Waals surface area contributed by atoms with E-state index < -0.39 is 0 Å². The van der Waals surface area contributed by atoms with E-state index in [0.29, 0.717) is 0 Å². The first-order valence-corrected chi connectivity index (χ1v) is 5.69. The fraction of sp³-hybridized carbons (Fsp3) is 0.400. The van der Waals surface area contributed by atoms with Gasteiger partial charge in [-0.25, -0.2) is 0 Å². The molecular weight excluding hydrogens is 263 g/mol. The molecule has 3 N–H and O–H groups in total. The molecule has 0 heterocycles. The molecule has 0 aliphatic rings. The maximum Gasteiger partial charge on any atom is 0.0469 e. The number of hydrogen-bond donors (Lipinski definition) is 2. The molecule has 0 saturated carbocycles. The largest absolute Gasteiger partial charge is 0.271 e. The monoisotopic (exact) mass is 276 g/mol. The van der Waals surface area contributed by atoms with Gasteiger partial charge in [0.2, 0.25) is 0 Å². The molecule has 4 heteroatoms. The van der Waals surface area contributed by atoms with Crippen molar-refractivity contribution in [3.8, 4) is 0 Å². The first-order valence-electron chi connectivity index (χ1n) is 4.51. The van der Waals surface area contributed by atoms with Crippen molar-refractivity contribution in [1.82, 2.24) is 5.43 Å². The Morgan fingerprint density at radius 3 is 2.71 bits per heavy atom. The van der Waals surface area contributed by atoms with E-state index in [9.17, 15) is 0 Å². The smallest absolute Gasteiger partial charge is 0.0469 e. The molecule has 0 bridgehead atoms. The summed E-state index contributed by atoms with van der Waals surface area (Å²) in [6.45, 7) is 4.05. The van der Waals surface area contributed by atoms with Crippen LogP contribution in [0.5, 0.6) is 0 Å². The second-order valence-electron chi connectivity index (χ2n) is 3.25. The average Bonchev–Trinajstić information content (AvgIpc) is 2.15. The molecule has 0 amide bonds. The molecule has 78 valence electrons. The number of halogens is 2. The standard InChI is InChI=1S/C10H14BrClN2/c1-3-10(14-13)7-5-9(12)6(2)4-8(7)11/h4-5,10,14H,3,13H2,1-2H3. The van der Waals surface area contributed by atoms with Crippen LogP contribution in [0.1, 0.15) is 30.5 Å². The number of aryl methyl sites for hydroxylation is 1. The molecule has 2 nitrogen and oxygen atoms in total. The minimum Gasteiger partial charge on any atom is -0.271 e. The highest BCUT2D eigenvalue weighted by atomic mass is 79.9. The van der Waals surface area contributed by atoms with E-state index in [1.807, 2.05) is 19.1 Å². The van der Waals surface area contributed by atoms with Crippen molar-refractivity contribution in [2.45, 2.75) is 26.3 Å². The predicted molar refractivity (Wildman–Crippen MR) is 64.2 cm³/mol. The normalized spacial score (nSPS) is 12.9. The van der Waals surface area contributed by atoms with Crippen LogP contribution in [0, 0.1) is 6.92 Å². The van der Waals surface area contributed by atoms with Crippen molar-refractivity contribution in [2.75, 3.05) is 0 Å². The van der Waals surface area contributed by atoms with Gasteiger partial charge in [-0.05, 0) is 36.6 Å². The lowest BCUT2D eigenvalue weighted by atomic mass is 10.0. The third-order valence-corrected chi connectivity index (χ3v) is 3.36. The van der Waals surface area contributed by atoms with Crippen molar-refractivity contribution in [3.05, 3.63) is 32.8 Å². The molecule has 14 heavy (non-hydrogen) atoms. The van der Waals surface area contributed by atoms with Gasteiger partial charge in [-0.2, -0.15) is 0 Å². The van der Waals surface area contributed by atoms with E-state index >= 15 is 0 Å². The first kappa shape index (κ1) is 12.0. The zero-order valence-electron chi connectivity index (χ0n) is 8.27. The summed E-state index contributed by atoms with van der Waals surface area (Å²) in [7, 11) is 0. The van der Waals surface area contributed by atoms with E-state index in [-0.39, 0.29) is 6.04 Å². The molecule has 0 saturated heterocycles. The van der Waals surface area contributed by atoms with Crippen LogP contribution in [0.3, 0.4) is 0 Å². The lowest BCUT2D eigenvalue weighted by Crippen LogP contribution is -2.27. The Hall–Kier alpha value is -0.0900. The van der Waals surface area contributed by atoms with Crippen molar-refractivity contribution in [2.24, 2.45) is 5.84 Å². The molecule has 0 spiro atoms. The van der Waals surface area contributed by atoms with E-state index in [0.717, 1.165) is 27.0 Å². The number of rotatable bonds is 3. The topological polar surface area (TPSA) is 38.0 Å². The van der Waals surface area contributed by atoms with Gasteiger partial charge in [0.1, 0.15) is 0 Å². The van der Waals surface area contributed by atoms with Crippen molar-refractivity contribution < 1.29 is 0 Å². The summed E-state index contributed by atoms with van der Waals surface area (Å²) in [6, 6.07) is 4.11. The highest BCUT2D eigenvalue weighted by molar-refractivity contribution is 9.10. The molecule has 1 aromatic carbocycles. The van der Waals surface area contributed by atoms with Gasteiger partial charge in [0.25, 0.3) is 0 Å². The lowest BCUT2D eigenvalue weighted by Gasteiger charge is -2.16. The van der Waals surface area contributed by atoms with Crippen LogP contribution in [0.4, 0.5) is 0 Å². The molecule has 1 aromatic rings. The summed E-state index contributed by atoms with van der Waals surface area (Å²) < 4.78 is 1.05. The third kappa shape index (κ3) is 2.48.